The Morgan fingerprint density at radius 3 is 2.23 bits per heavy atom. The number of carbonyl (C=O) groups excluding carboxylic acids is 1. The first-order chi connectivity index (χ1) is 12.6. The van der Waals surface area contributed by atoms with E-state index in [0.717, 1.165) is 37.2 Å². The number of hydrogen-bond acceptors (Lipinski definition) is 2. The Labute approximate surface area is 157 Å². The summed E-state index contributed by atoms with van der Waals surface area (Å²) in [6.45, 7) is 9.81. The summed E-state index contributed by atoms with van der Waals surface area (Å²) in [6, 6.07) is 12.4. The van der Waals surface area contributed by atoms with Crippen molar-refractivity contribution in [3.05, 3.63) is 53.3 Å². The van der Waals surface area contributed by atoms with Gasteiger partial charge < -0.3 is 14.8 Å². The van der Waals surface area contributed by atoms with Gasteiger partial charge in [0.1, 0.15) is 0 Å². The molecule has 26 heavy (non-hydrogen) atoms. The molecule has 4 nitrogen and oxygen atoms in total. The van der Waals surface area contributed by atoms with Gasteiger partial charge in [-0.25, -0.2) is 0 Å². The van der Waals surface area contributed by atoms with Crippen LogP contribution in [0.2, 0.25) is 0 Å². The van der Waals surface area contributed by atoms with Crippen LogP contribution in [0.1, 0.15) is 54.4 Å². The largest absolute Gasteiger partial charge is 0.349 e. The van der Waals surface area contributed by atoms with Crippen LogP contribution in [0.15, 0.2) is 36.4 Å². The fourth-order valence-electron chi connectivity index (χ4n) is 3.79. The topological polar surface area (TPSA) is 37.3 Å². The van der Waals surface area contributed by atoms with Crippen molar-refractivity contribution in [3.8, 4) is 5.69 Å². The minimum atomic E-state index is 0.0458. The van der Waals surface area contributed by atoms with Crippen LogP contribution in [-0.2, 0) is 0 Å². The zero-order valence-corrected chi connectivity index (χ0v) is 16.3. The molecular formula is C22H31N3O. The molecule has 0 radical (unpaired) electrons. The summed E-state index contributed by atoms with van der Waals surface area (Å²) >= 11 is 0. The van der Waals surface area contributed by atoms with Gasteiger partial charge in [-0.1, -0.05) is 13.3 Å². The number of amides is 1. The maximum atomic E-state index is 12.6. The van der Waals surface area contributed by atoms with Gasteiger partial charge in [0.05, 0.1) is 0 Å². The predicted octanol–water partition coefficient (Wildman–Crippen LogP) is 4.09. The summed E-state index contributed by atoms with van der Waals surface area (Å²) in [5.41, 5.74) is 4.25. The summed E-state index contributed by atoms with van der Waals surface area (Å²) in [5.74, 6) is 0.0458. The van der Waals surface area contributed by atoms with Gasteiger partial charge in [0.25, 0.3) is 5.91 Å². The summed E-state index contributed by atoms with van der Waals surface area (Å²) < 4.78 is 2.20. The van der Waals surface area contributed by atoms with E-state index >= 15 is 0 Å². The summed E-state index contributed by atoms with van der Waals surface area (Å²) in [4.78, 5) is 15.1. The Kier molecular flexibility index (Phi) is 6.15. The van der Waals surface area contributed by atoms with Crippen LogP contribution in [0.5, 0.6) is 0 Å². The van der Waals surface area contributed by atoms with Gasteiger partial charge in [0.2, 0.25) is 0 Å². The lowest BCUT2D eigenvalue weighted by Crippen LogP contribution is -2.44. The summed E-state index contributed by atoms with van der Waals surface area (Å²) in [6.07, 6.45) is 4.61. The van der Waals surface area contributed by atoms with Crippen LogP contribution in [0.4, 0.5) is 0 Å². The molecular weight excluding hydrogens is 322 g/mol. The highest BCUT2D eigenvalue weighted by Gasteiger charge is 2.20. The van der Waals surface area contributed by atoms with E-state index in [0.29, 0.717) is 6.04 Å². The first-order valence-corrected chi connectivity index (χ1v) is 9.87. The second kappa shape index (κ2) is 8.54. The zero-order chi connectivity index (χ0) is 18.5. The Morgan fingerprint density at radius 2 is 1.65 bits per heavy atom. The molecule has 1 aromatic heterocycles. The lowest BCUT2D eigenvalue weighted by atomic mass is 10.0. The van der Waals surface area contributed by atoms with Gasteiger partial charge in [-0.05, 0) is 76.1 Å². The first kappa shape index (κ1) is 18.7. The van der Waals surface area contributed by atoms with Crippen LogP contribution in [-0.4, -0.2) is 41.1 Å². The van der Waals surface area contributed by atoms with E-state index in [1.807, 2.05) is 24.3 Å². The maximum absolute atomic E-state index is 12.6. The lowest BCUT2D eigenvalue weighted by Gasteiger charge is -2.32. The molecule has 1 amide bonds. The second-order valence-corrected chi connectivity index (χ2v) is 7.44. The average molecular weight is 354 g/mol. The fourth-order valence-corrected chi connectivity index (χ4v) is 3.79. The molecule has 140 valence electrons. The van der Waals surface area contributed by atoms with Crippen LogP contribution >= 0.6 is 0 Å². The van der Waals surface area contributed by atoms with Gasteiger partial charge in [0, 0.05) is 41.8 Å². The Bertz CT molecular complexity index is 705. The van der Waals surface area contributed by atoms with Crippen LogP contribution in [0, 0.1) is 13.8 Å². The van der Waals surface area contributed by atoms with E-state index in [-0.39, 0.29) is 5.91 Å². The van der Waals surface area contributed by atoms with Crippen molar-refractivity contribution in [2.24, 2.45) is 0 Å². The number of nitrogens with one attached hydrogen (secondary N) is 1. The minimum Gasteiger partial charge on any atom is -0.349 e. The number of unbranched alkanes of at least 4 members (excludes halogenated alkanes) is 1. The van der Waals surface area contributed by atoms with E-state index < -0.39 is 0 Å². The molecule has 2 heterocycles. The van der Waals surface area contributed by atoms with Crippen LogP contribution < -0.4 is 5.32 Å². The van der Waals surface area contributed by atoms with E-state index in [9.17, 15) is 4.79 Å². The predicted molar refractivity (Wildman–Crippen MR) is 107 cm³/mol. The molecule has 4 heteroatoms. The Hall–Kier alpha value is -2.07. The first-order valence-electron chi connectivity index (χ1n) is 9.87. The van der Waals surface area contributed by atoms with E-state index in [1.165, 1.54) is 30.8 Å². The second-order valence-electron chi connectivity index (χ2n) is 7.44. The van der Waals surface area contributed by atoms with Crippen molar-refractivity contribution in [3.63, 3.8) is 0 Å². The van der Waals surface area contributed by atoms with Gasteiger partial charge in [0.15, 0.2) is 0 Å². The van der Waals surface area contributed by atoms with Crippen molar-refractivity contribution in [1.29, 1.82) is 0 Å². The number of hydrogen-bond donors (Lipinski definition) is 1. The molecule has 0 unspecified atom stereocenters. The van der Waals surface area contributed by atoms with Crippen molar-refractivity contribution in [1.82, 2.24) is 14.8 Å². The van der Waals surface area contributed by atoms with Gasteiger partial charge in [-0.2, -0.15) is 0 Å². The van der Waals surface area contributed by atoms with Crippen molar-refractivity contribution < 1.29 is 4.79 Å². The highest BCUT2D eigenvalue weighted by atomic mass is 16.1. The number of piperidine rings is 1. The number of aromatic nitrogens is 1. The number of benzene rings is 1. The molecule has 1 saturated heterocycles. The SMILES string of the molecule is CCCCN1CCC(NC(=O)c2ccc(-n3c(C)ccc3C)cc2)CC1. The Morgan fingerprint density at radius 1 is 1.04 bits per heavy atom. The number of carbonyl (C=O) groups is 1. The highest BCUT2D eigenvalue weighted by molar-refractivity contribution is 5.94. The smallest absolute Gasteiger partial charge is 0.251 e. The molecule has 0 saturated carbocycles. The van der Waals surface area contributed by atoms with Crippen molar-refractivity contribution in [2.75, 3.05) is 19.6 Å². The molecule has 1 aromatic carbocycles. The van der Waals surface area contributed by atoms with E-state index in [4.69, 9.17) is 0 Å². The third-order valence-corrected chi connectivity index (χ3v) is 5.41. The standard InChI is InChI=1S/C22H31N3O/c1-4-5-14-24-15-12-20(13-16-24)23-22(26)19-8-10-21(11-9-19)25-17(2)6-7-18(25)3/h6-11,20H,4-5,12-16H2,1-3H3,(H,23,26). The van der Waals surface area contributed by atoms with Gasteiger partial charge >= 0.3 is 0 Å². The van der Waals surface area contributed by atoms with Crippen LogP contribution in [0.25, 0.3) is 5.69 Å². The molecule has 1 aliphatic rings. The quantitative estimate of drug-likeness (QED) is 0.849. The minimum absolute atomic E-state index is 0.0458. The molecule has 1 aliphatic heterocycles. The number of rotatable bonds is 6. The number of aryl methyl sites for hydroxylation is 2. The third-order valence-electron chi connectivity index (χ3n) is 5.41. The molecule has 1 N–H and O–H groups in total. The maximum Gasteiger partial charge on any atom is 0.251 e. The van der Waals surface area contributed by atoms with Crippen molar-refractivity contribution in [2.45, 2.75) is 52.5 Å². The molecule has 3 rings (SSSR count). The highest BCUT2D eigenvalue weighted by Crippen LogP contribution is 2.17. The van der Waals surface area contributed by atoms with Crippen molar-refractivity contribution >= 4 is 5.91 Å². The molecule has 1 fully saturated rings. The molecule has 0 atom stereocenters. The molecule has 0 spiro atoms. The van der Waals surface area contributed by atoms with E-state index in [1.54, 1.807) is 0 Å². The van der Waals surface area contributed by atoms with Gasteiger partial charge in [-0.3, -0.25) is 4.79 Å². The van der Waals surface area contributed by atoms with E-state index in [2.05, 4.69) is 47.7 Å². The molecule has 0 aliphatic carbocycles. The zero-order valence-electron chi connectivity index (χ0n) is 16.3. The molecule has 0 bridgehead atoms. The normalized spacial score (nSPS) is 16.0. The molecule has 2 aromatic rings. The number of nitrogens with zero attached hydrogens (tertiary/aromatic N) is 2. The lowest BCUT2D eigenvalue weighted by molar-refractivity contribution is 0.0911. The summed E-state index contributed by atoms with van der Waals surface area (Å²) in [5, 5.41) is 3.22. The third kappa shape index (κ3) is 4.36. The monoisotopic (exact) mass is 353 g/mol. The number of likely N-dealkylation sites (tertiary alicyclic amines) is 1. The fraction of sp³-hybridized carbons (Fsp3) is 0.500. The van der Waals surface area contributed by atoms with Gasteiger partial charge in [-0.15, -0.1) is 0 Å². The average Bonchev–Trinajstić information content (AvgIpc) is 2.99. The Balaban J connectivity index is 1.56. The van der Waals surface area contributed by atoms with Crippen LogP contribution in [0.3, 0.4) is 0 Å². The summed E-state index contributed by atoms with van der Waals surface area (Å²) in [7, 11) is 0.